The van der Waals surface area contributed by atoms with Crippen molar-refractivity contribution >= 4 is 282 Å². The van der Waals surface area contributed by atoms with E-state index in [1.807, 2.05) is 0 Å². The molecule has 0 amide bonds. The van der Waals surface area contributed by atoms with Crippen molar-refractivity contribution in [1.82, 2.24) is 0 Å². The molecule has 0 saturated carbocycles. The highest BCUT2D eigenvalue weighted by atomic mass is 80.0. The second-order valence-corrected chi connectivity index (χ2v) is 37.7. The fraction of sp³-hybridized carbons (Fsp3) is 1.00. The molecule has 0 aliphatic heterocycles. The van der Waals surface area contributed by atoms with Crippen LogP contribution in [0.1, 0.15) is 0 Å². The van der Waals surface area contributed by atoms with Gasteiger partial charge in [0.25, 0.3) is 0 Å². The minimum absolute atomic E-state index is 0.859. The number of hydrogen-bond donors (Lipinski definition) is 0. The first-order chi connectivity index (χ1) is 11.7. The maximum atomic E-state index is 11.9. The first-order valence-electron chi connectivity index (χ1n) is 5.50. The first kappa shape index (κ1) is 36.3. The van der Waals surface area contributed by atoms with E-state index >= 15 is 0 Å². The van der Waals surface area contributed by atoms with Gasteiger partial charge in [0.1, 0.15) is 19.4 Å². The molecule has 0 aliphatic rings. The zero-order valence-corrected chi connectivity index (χ0v) is 39.4. The number of halogens is 17. The van der Waals surface area contributed by atoms with Gasteiger partial charge in [-0.15, -0.1) is 0 Å². The summed E-state index contributed by atoms with van der Waals surface area (Å²) in [7, 11) is 0. The Bertz CT molecular complexity index is 619. The summed E-state index contributed by atoms with van der Waals surface area (Å²) in [5.74, 6) is 0. The average Bonchev–Trinajstić information content (AvgIpc) is 2.44. The smallest absolute Gasteiger partial charge is 0.169 e. The molecule has 1 atom stereocenters. The zero-order valence-electron chi connectivity index (χ0n) is 11.7. The number of hydrogen-bond acceptors (Lipinski definition) is 2. The van der Waals surface area contributed by atoms with Gasteiger partial charge in [-0.1, -0.05) is 271 Å². The molecule has 20 heteroatoms. The summed E-state index contributed by atoms with van der Waals surface area (Å²) < 4.78 is 14.1. The van der Waals surface area contributed by atoms with Crippen molar-refractivity contribution in [2.24, 2.45) is 0 Å². The molecule has 0 aliphatic carbocycles. The Balaban J connectivity index is 6.76. The third-order valence-electron chi connectivity index (χ3n) is 2.90. The SMILES string of the molecule is O=S([O-])C(Br)(Br)C(Br)(Br)C(Br)(Br)C(Br)(Br)C(Br)(Br)C(Br)(Br)C(Br)(Br)C(Br)(Br)Br. The Morgan fingerprint density at radius 2 is 0.643 bits per heavy atom. The number of rotatable bonds is 7. The molecule has 0 N–H and O–H groups in total. The third kappa shape index (κ3) is 6.35. The van der Waals surface area contributed by atoms with Gasteiger partial charge in [-0.25, -0.2) is 0 Å². The Morgan fingerprint density at radius 1 is 0.429 bits per heavy atom. The van der Waals surface area contributed by atoms with Crippen molar-refractivity contribution in [2.75, 3.05) is 0 Å². The molecule has 0 aromatic carbocycles. The summed E-state index contributed by atoms with van der Waals surface area (Å²) in [6, 6.07) is 0. The maximum Gasteiger partial charge on any atom is 0.169 e. The lowest BCUT2D eigenvalue weighted by molar-refractivity contribution is 0.523. The molecule has 28 heavy (non-hydrogen) atoms. The highest BCUT2D eigenvalue weighted by Gasteiger charge is 2.77. The van der Waals surface area contributed by atoms with Gasteiger partial charge < -0.3 is 4.55 Å². The van der Waals surface area contributed by atoms with Gasteiger partial charge in [0, 0.05) is 0 Å². The molecular weight excluding hydrogens is 1520 g/mol. The predicted octanol–water partition coefficient (Wildman–Crippen LogP) is 12.1. The van der Waals surface area contributed by atoms with Gasteiger partial charge in [0.15, 0.2) is 4.71 Å². The van der Waals surface area contributed by atoms with E-state index in [0.717, 1.165) is 0 Å². The van der Waals surface area contributed by atoms with Crippen LogP contribution in [0.5, 0.6) is 0 Å². The molecule has 0 saturated heterocycles. The van der Waals surface area contributed by atoms with Gasteiger partial charge in [-0.05, 0) is 11.1 Å². The zero-order chi connectivity index (χ0) is 23.6. The third-order valence-corrected chi connectivity index (χ3v) is 38.9. The van der Waals surface area contributed by atoms with Crippen LogP contribution in [0.3, 0.4) is 0 Å². The largest absolute Gasteiger partial charge is 0.771 e. The van der Waals surface area contributed by atoms with Gasteiger partial charge in [0.05, 0.1) is 0 Å². The molecule has 0 spiro atoms. The molecule has 0 heterocycles. The van der Waals surface area contributed by atoms with Gasteiger partial charge in [-0.2, -0.15) is 0 Å². The molecule has 0 aromatic heterocycles. The number of alkyl halides is 17. The van der Waals surface area contributed by atoms with Crippen LogP contribution in [-0.4, -0.2) is 32.9 Å². The second kappa shape index (κ2) is 11.8. The quantitative estimate of drug-likeness (QED) is 0.188. The second-order valence-electron chi connectivity index (χ2n) is 4.70. The van der Waals surface area contributed by atoms with Crippen molar-refractivity contribution in [3.63, 3.8) is 0 Å². The normalized spacial score (nSPS) is 17.6. The van der Waals surface area contributed by atoms with E-state index in [2.05, 4.69) is 271 Å². The van der Waals surface area contributed by atoms with E-state index in [-0.39, 0.29) is 0 Å². The van der Waals surface area contributed by atoms with Crippen molar-refractivity contribution < 1.29 is 8.76 Å². The lowest BCUT2D eigenvalue weighted by atomic mass is 10.1. The standard InChI is InChI=1S/C8HBr17O2S/c9-1(10,3(13,14)5(17,18)7(21,22)23)2(11,12)4(15,16)6(19,20)8(24,25)28(26)27/h(H,26,27)/p-1. The fourth-order valence-electron chi connectivity index (χ4n) is 1.25. The van der Waals surface area contributed by atoms with Crippen molar-refractivity contribution in [1.29, 1.82) is 0 Å². The van der Waals surface area contributed by atoms with Crippen LogP contribution in [0.4, 0.5) is 0 Å². The minimum atomic E-state index is -2.61. The molecule has 0 rings (SSSR count). The van der Waals surface area contributed by atoms with Gasteiger partial charge in [-0.3, -0.25) is 4.21 Å². The van der Waals surface area contributed by atoms with Crippen LogP contribution < -0.4 is 0 Å². The Morgan fingerprint density at radius 3 is 0.857 bits per heavy atom. The van der Waals surface area contributed by atoms with E-state index in [9.17, 15) is 8.76 Å². The van der Waals surface area contributed by atoms with E-state index in [1.165, 1.54) is 0 Å². The Kier molecular flexibility index (Phi) is 15.3. The molecule has 0 fully saturated rings. The molecule has 0 bridgehead atoms. The average molecular weight is 1520 g/mol. The van der Waals surface area contributed by atoms with Crippen molar-refractivity contribution in [3.8, 4) is 0 Å². The van der Waals surface area contributed by atoms with Crippen LogP contribution in [0, 0.1) is 0 Å². The van der Waals surface area contributed by atoms with Crippen LogP contribution in [-0.2, 0) is 11.1 Å². The lowest BCUT2D eigenvalue weighted by Gasteiger charge is -2.57. The van der Waals surface area contributed by atoms with E-state index in [0.29, 0.717) is 0 Å². The lowest BCUT2D eigenvalue weighted by Crippen LogP contribution is -2.68. The summed E-state index contributed by atoms with van der Waals surface area (Å²) in [6.45, 7) is 0. The topological polar surface area (TPSA) is 40.1 Å². The van der Waals surface area contributed by atoms with Crippen molar-refractivity contribution in [3.05, 3.63) is 0 Å². The van der Waals surface area contributed by atoms with Gasteiger partial charge >= 0.3 is 0 Å². The molecule has 2 nitrogen and oxygen atoms in total. The van der Waals surface area contributed by atoms with Crippen molar-refractivity contribution in [2.45, 2.75) is 24.1 Å². The summed E-state index contributed by atoms with van der Waals surface area (Å²) >= 11 is 57.9. The molecule has 0 radical (unpaired) electrons. The maximum absolute atomic E-state index is 11.9. The van der Waals surface area contributed by atoms with E-state index < -0.39 is 35.2 Å². The van der Waals surface area contributed by atoms with Crippen LogP contribution in [0.2, 0.25) is 0 Å². The highest BCUT2D eigenvalue weighted by molar-refractivity contribution is 9.42. The minimum Gasteiger partial charge on any atom is -0.771 e. The summed E-state index contributed by atoms with van der Waals surface area (Å²) in [5, 5.41) is 0. The molecular formula is C8Br17O2S-. The predicted molar refractivity (Wildman–Crippen MR) is 183 cm³/mol. The Hall–Kier alpha value is 8.27. The fourth-order valence-corrected chi connectivity index (χ4v) is 17.0. The van der Waals surface area contributed by atoms with Crippen LogP contribution in [0.15, 0.2) is 0 Å². The van der Waals surface area contributed by atoms with Crippen LogP contribution in [0.25, 0.3) is 0 Å². The molecule has 0 aromatic rings. The van der Waals surface area contributed by atoms with E-state index in [4.69, 9.17) is 0 Å². The highest BCUT2D eigenvalue weighted by Crippen LogP contribution is 2.78. The molecule has 170 valence electrons. The Labute approximate surface area is 307 Å². The summed E-state index contributed by atoms with van der Waals surface area (Å²) in [4.78, 5) is 0. The van der Waals surface area contributed by atoms with E-state index in [1.54, 1.807) is 0 Å². The van der Waals surface area contributed by atoms with Crippen LogP contribution >= 0.6 is 271 Å². The molecule has 1 unspecified atom stereocenters. The first-order valence-corrected chi connectivity index (χ1v) is 20.1. The summed E-state index contributed by atoms with van der Waals surface area (Å²) in [6.07, 6.45) is 0. The van der Waals surface area contributed by atoms with Gasteiger partial charge in [0.2, 0.25) is 0 Å². The summed E-state index contributed by atoms with van der Waals surface area (Å²) in [5.41, 5.74) is 0. The monoisotopic (exact) mass is 1500 g/mol.